The molecule has 0 bridgehead atoms. The van der Waals surface area contributed by atoms with Crippen molar-refractivity contribution in [1.82, 2.24) is 4.90 Å². The molecule has 6 nitrogen and oxygen atoms in total. The van der Waals surface area contributed by atoms with Crippen molar-refractivity contribution >= 4 is 13.2 Å². The van der Waals surface area contributed by atoms with E-state index >= 15 is 0 Å². The van der Waals surface area contributed by atoms with Crippen LogP contribution in [0.1, 0.15) is 54.9 Å². The lowest BCUT2D eigenvalue weighted by Gasteiger charge is -2.32. The van der Waals surface area contributed by atoms with E-state index < -0.39 is 0 Å². The third-order valence-corrected chi connectivity index (χ3v) is 4.72. The zero-order valence-corrected chi connectivity index (χ0v) is 17.0. The first-order valence-electron chi connectivity index (χ1n) is 8.87. The van der Waals surface area contributed by atoms with E-state index in [2.05, 4.69) is 0 Å². The van der Waals surface area contributed by atoms with Gasteiger partial charge in [-0.15, -0.1) is 0 Å². The van der Waals surface area contributed by atoms with Crippen LogP contribution < -0.4 is 0 Å². The molecule has 0 atom stereocenters. The maximum absolute atomic E-state index is 11.8. The monoisotopic (exact) mass is 355 g/mol. The molecule has 0 aromatic carbocycles. The molecule has 1 saturated heterocycles. The summed E-state index contributed by atoms with van der Waals surface area (Å²) < 4.78 is 22.4. The Kier molecular flexibility index (Phi) is 7.53. The predicted molar refractivity (Wildman–Crippen MR) is 99.5 cm³/mol. The summed E-state index contributed by atoms with van der Waals surface area (Å²) in [6.07, 6.45) is 2.24. The zero-order valence-electron chi connectivity index (χ0n) is 17.0. The minimum Gasteiger partial charge on any atom is -0.449 e. The van der Waals surface area contributed by atoms with E-state index in [-0.39, 0.29) is 30.0 Å². The molecule has 0 aliphatic carbocycles. The van der Waals surface area contributed by atoms with Crippen molar-refractivity contribution in [2.45, 2.75) is 71.6 Å². The van der Waals surface area contributed by atoms with E-state index in [1.54, 1.807) is 11.9 Å². The van der Waals surface area contributed by atoms with Crippen molar-refractivity contribution in [2.24, 2.45) is 0 Å². The summed E-state index contributed by atoms with van der Waals surface area (Å²) in [6.45, 7) is 15.3. The fraction of sp³-hybridized carbons (Fsp3) is 0.833. The third kappa shape index (κ3) is 6.64. The minimum atomic E-state index is -0.345. The largest absolute Gasteiger partial charge is 0.486 e. The molecule has 25 heavy (non-hydrogen) atoms. The first-order valence-corrected chi connectivity index (χ1v) is 8.87. The summed E-state index contributed by atoms with van der Waals surface area (Å²) in [4.78, 5) is 13.4. The molecule has 0 aromatic heterocycles. The standard InChI is InChI=1S/C18H34BNO5/c1-16(2,3)20(8)15(21)23-14-10-13-22-12-9-11-19-24-17(4,5)18(6,7)25-19/h9,11H,10,12-14H2,1-8H3/b11-9+. The van der Waals surface area contributed by atoms with Crippen molar-refractivity contribution in [3.8, 4) is 0 Å². The molecular weight excluding hydrogens is 321 g/mol. The molecular formula is C18H34BNO5. The second-order valence-corrected chi connectivity index (χ2v) is 8.33. The molecule has 1 heterocycles. The van der Waals surface area contributed by atoms with Gasteiger partial charge in [-0.05, 0) is 48.5 Å². The fourth-order valence-electron chi connectivity index (χ4n) is 1.98. The van der Waals surface area contributed by atoms with Gasteiger partial charge < -0.3 is 23.7 Å². The zero-order chi connectivity index (χ0) is 19.3. The van der Waals surface area contributed by atoms with E-state index in [1.807, 2.05) is 60.5 Å². The molecule has 0 saturated carbocycles. The first-order chi connectivity index (χ1) is 11.4. The van der Waals surface area contributed by atoms with Crippen LogP contribution in [0.2, 0.25) is 0 Å². The average Bonchev–Trinajstić information content (AvgIpc) is 2.67. The summed E-state index contributed by atoms with van der Waals surface area (Å²) in [5.41, 5.74) is -0.897. The Morgan fingerprint density at radius 3 is 2.20 bits per heavy atom. The molecule has 0 spiro atoms. The lowest BCUT2D eigenvalue weighted by atomic mass is 9.90. The first kappa shape index (κ1) is 22.0. The Morgan fingerprint density at radius 2 is 1.68 bits per heavy atom. The molecule has 1 aliphatic rings. The highest BCUT2D eigenvalue weighted by Crippen LogP contribution is 2.36. The van der Waals surface area contributed by atoms with Gasteiger partial charge in [0.25, 0.3) is 0 Å². The van der Waals surface area contributed by atoms with Crippen LogP contribution in [0.3, 0.4) is 0 Å². The van der Waals surface area contributed by atoms with E-state index in [1.165, 1.54) is 0 Å². The van der Waals surface area contributed by atoms with E-state index in [4.69, 9.17) is 18.8 Å². The number of ether oxygens (including phenoxy) is 2. The number of carbonyl (C=O) groups is 1. The number of nitrogens with zero attached hydrogens (tertiary/aromatic N) is 1. The van der Waals surface area contributed by atoms with Crippen molar-refractivity contribution in [3.63, 3.8) is 0 Å². The maximum atomic E-state index is 11.8. The summed E-state index contributed by atoms with van der Waals surface area (Å²) in [7, 11) is 1.39. The molecule has 1 aliphatic heterocycles. The Bertz CT molecular complexity index is 455. The van der Waals surface area contributed by atoms with Gasteiger partial charge >= 0.3 is 13.2 Å². The van der Waals surface area contributed by atoms with Gasteiger partial charge in [0.05, 0.1) is 31.0 Å². The number of amides is 1. The highest BCUT2D eigenvalue weighted by atomic mass is 16.7. The quantitative estimate of drug-likeness (QED) is 0.517. The van der Waals surface area contributed by atoms with E-state index in [0.29, 0.717) is 26.2 Å². The molecule has 0 N–H and O–H groups in total. The van der Waals surface area contributed by atoms with Crippen LogP contribution in [0.25, 0.3) is 0 Å². The molecule has 144 valence electrons. The topological polar surface area (TPSA) is 57.2 Å². The summed E-state index contributed by atoms with van der Waals surface area (Å²) in [5, 5.41) is 0. The van der Waals surface area contributed by atoms with Crippen molar-refractivity contribution in [1.29, 1.82) is 0 Å². The Hall–Kier alpha value is -1.05. The van der Waals surface area contributed by atoms with Gasteiger partial charge in [-0.25, -0.2) is 4.79 Å². The average molecular weight is 355 g/mol. The number of rotatable bonds is 7. The normalized spacial score (nSPS) is 19.4. The number of carbonyl (C=O) groups excluding carboxylic acids is 1. The van der Waals surface area contributed by atoms with Crippen LogP contribution in [0.4, 0.5) is 4.79 Å². The Labute approximate surface area is 153 Å². The molecule has 1 rings (SSSR count). The van der Waals surface area contributed by atoms with Crippen LogP contribution in [-0.4, -0.2) is 61.7 Å². The van der Waals surface area contributed by atoms with Crippen molar-refractivity contribution < 1.29 is 23.6 Å². The lowest BCUT2D eigenvalue weighted by molar-refractivity contribution is 0.00578. The minimum absolute atomic E-state index is 0.244. The van der Waals surface area contributed by atoms with Crippen LogP contribution in [-0.2, 0) is 18.8 Å². The third-order valence-electron chi connectivity index (χ3n) is 4.72. The lowest BCUT2D eigenvalue weighted by Crippen LogP contribution is -2.42. The Morgan fingerprint density at radius 1 is 1.12 bits per heavy atom. The predicted octanol–water partition coefficient (Wildman–Crippen LogP) is 3.45. The van der Waals surface area contributed by atoms with Crippen LogP contribution in [0.5, 0.6) is 0 Å². The highest BCUT2D eigenvalue weighted by Gasteiger charge is 2.49. The molecule has 0 radical (unpaired) electrons. The fourth-order valence-corrected chi connectivity index (χ4v) is 1.98. The summed E-state index contributed by atoms with van der Waals surface area (Å²) in [5.74, 6) is 1.87. The van der Waals surface area contributed by atoms with Crippen LogP contribution in [0.15, 0.2) is 12.1 Å². The van der Waals surface area contributed by atoms with Crippen molar-refractivity contribution in [3.05, 3.63) is 12.1 Å². The molecule has 0 unspecified atom stereocenters. The highest BCUT2D eigenvalue weighted by molar-refractivity contribution is 6.51. The van der Waals surface area contributed by atoms with Crippen molar-refractivity contribution in [2.75, 3.05) is 26.9 Å². The van der Waals surface area contributed by atoms with Gasteiger partial charge in [-0.1, -0.05) is 12.1 Å². The van der Waals surface area contributed by atoms with Gasteiger partial charge in [0, 0.05) is 19.0 Å². The molecule has 1 amide bonds. The number of hydrogen-bond acceptors (Lipinski definition) is 5. The second kappa shape index (κ2) is 8.56. The maximum Gasteiger partial charge on any atom is 0.486 e. The van der Waals surface area contributed by atoms with Crippen LogP contribution >= 0.6 is 0 Å². The van der Waals surface area contributed by atoms with Gasteiger partial charge in [-0.3, -0.25) is 0 Å². The molecule has 1 fully saturated rings. The van der Waals surface area contributed by atoms with Gasteiger partial charge in [0.15, 0.2) is 0 Å². The summed E-state index contributed by atoms with van der Waals surface area (Å²) in [6, 6.07) is 0. The van der Waals surface area contributed by atoms with E-state index in [9.17, 15) is 4.79 Å². The van der Waals surface area contributed by atoms with Gasteiger partial charge in [-0.2, -0.15) is 0 Å². The van der Waals surface area contributed by atoms with Gasteiger partial charge in [0.2, 0.25) is 0 Å². The SMILES string of the molecule is CN(C(=O)OCCCOC/C=C/B1OC(C)(C)C(C)(C)O1)C(C)(C)C. The summed E-state index contributed by atoms with van der Waals surface area (Å²) >= 11 is 0. The molecule has 7 heteroatoms. The van der Waals surface area contributed by atoms with Crippen LogP contribution in [0, 0.1) is 0 Å². The molecule has 0 aromatic rings. The van der Waals surface area contributed by atoms with E-state index in [0.717, 1.165) is 0 Å². The second-order valence-electron chi connectivity index (χ2n) is 8.33. The smallest absolute Gasteiger partial charge is 0.449 e. The number of hydrogen-bond donors (Lipinski definition) is 0. The van der Waals surface area contributed by atoms with Gasteiger partial charge in [0.1, 0.15) is 0 Å². The Balaban J connectivity index is 2.13.